The highest BCUT2D eigenvalue weighted by Crippen LogP contribution is 2.15. The number of carbonyl (C=O) groups is 1. The second kappa shape index (κ2) is 4.98. The first-order valence-electron chi connectivity index (χ1n) is 4.23. The van der Waals surface area contributed by atoms with Gasteiger partial charge in [0.25, 0.3) is 0 Å². The molecule has 0 saturated carbocycles. The molecule has 1 rings (SSSR count). The molecule has 0 aromatic heterocycles. The van der Waals surface area contributed by atoms with Gasteiger partial charge in [0, 0.05) is 5.69 Å². The van der Waals surface area contributed by atoms with Crippen molar-refractivity contribution in [3.05, 3.63) is 29.3 Å². The number of aliphatic hydroxyl groups is 1. The lowest BCUT2D eigenvalue weighted by atomic mass is 10.1. The molecule has 0 aliphatic carbocycles. The minimum Gasteiger partial charge on any atom is -0.392 e. The van der Waals surface area contributed by atoms with E-state index in [4.69, 9.17) is 16.7 Å². The largest absolute Gasteiger partial charge is 0.392 e. The number of hydrogen-bond acceptors (Lipinski definition) is 2. The number of halogens is 1. The minimum absolute atomic E-state index is 0.0313. The highest BCUT2D eigenvalue weighted by atomic mass is 35.5. The highest BCUT2D eigenvalue weighted by Gasteiger charge is 2.02. The van der Waals surface area contributed by atoms with Gasteiger partial charge in [-0.2, -0.15) is 0 Å². The maximum Gasteiger partial charge on any atom is 0.239 e. The Kier molecular flexibility index (Phi) is 3.92. The first-order valence-corrected chi connectivity index (χ1v) is 4.77. The Balaban J connectivity index is 2.84. The lowest BCUT2D eigenvalue weighted by molar-refractivity contribution is -0.113. The third kappa shape index (κ3) is 2.72. The van der Waals surface area contributed by atoms with E-state index in [1.165, 1.54) is 0 Å². The van der Waals surface area contributed by atoms with Crippen molar-refractivity contribution >= 4 is 23.2 Å². The predicted octanol–water partition coefficient (Wildman–Crippen LogP) is 1.66. The summed E-state index contributed by atoms with van der Waals surface area (Å²) in [5.41, 5.74) is 2.46. The van der Waals surface area contributed by atoms with Crippen molar-refractivity contribution in [2.75, 3.05) is 11.2 Å². The van der Waals surface area contributed by atoms with E-state index in [1.54, 1.807) is 12.1 Å². The number of alkyl halides is 1. The molecule has 0 heterocycles. The zero-order valence-electron chi connectivity index (χ0n) is 7.88. The monoisotopic (exact) mass is 213 g/mol. The molecular weight excluding hydrogens is 202 g/mol. The van der Waals surface area contributed by atoms with Gasteiger partial charge in [0.15, 0.2) is 0 Å². The van der Waals surface area contributed by atoms with Crippen molar-refractivity contribution in [3.8, 4) is 0 Å². The molecule has 0 unspecified atom stereocenters. The van der Waals surface area contributed by atoms with Gasteiger partial charge in [-0.15, -0.1) is 11.6 Å². The number of aryl methyl sites for hydroxylation is 1. The Hall–Kier alpha value is -1.06. The van der Waals surface area contributed by atoms with Gasteiger partial charge < -0.3 is 10.4 Å². The van der Waals surface area contributed by atoms with Crippen LogP contribution in [0.4, 0.5) is 5.69 Å². The minimum atomic E-state index is -0.251. The summed E-state index contributed by atoms with van der Waals surface area (Å²) in [7, 11) is 0. The van der Waals surface area contributed by atoms with Gasteiger partial charge in [-0.1, -0.05) is 6.07 Å². The van der Waals surface area contributed by atoms with Crippen molar-refractivity contribution in [2.24, 2.45) is 0 Å². The Bertz CT molecular complexity index is 339. The number of benzene rings is 1. The lowest BCUT2D eigenvalue weighted by Gasteiger charge is -2.07. The average molecular weight is 214 g/mol. The number of nitrogens with one attached hydrogen (secondary N) is 1. The van der Waals surface area contributed by atoms with Crippen LogP contribution in [-0.4, -0.2) is 16.9 Å². The van der Waals surface area contributed by atoms with Crippen LogP contribution in [0.5, 0.6) is 0 Å². The van der Waals surface area contributed by atoms with E-state index in [0.29, 0.717) is 5.69 Å². The summed E-state index contributed by atoms with van der Waals surface area (Å²) in [6, 6.07) is 5.36. The summed E-state index contributed by atoms with van der Waals surface area (Å²) < 4.78 is 0. The Morgan fingerprint density at radius 3 is 2.86 bits per heavy atom. The lowest BCUT2D eigenvalue weighted by Crippen LogP contribution is -2.12. The molecule has 1 aromatic rings. The van der Waals surface area contributed by atoms with Crippen LogP contribution in [0, 0.1) is 6.92 Å². The van der Waals surface area contributed by atoms with E-state index in [9.17, 15) is 4.79 Å². The highest BCUT2D eigenvalue weighted by molar-refractivity contribution is 6.29. The number of aliphatic hydroxyl groups excluding tert-OH is 1. The fraction of sp³-hybridized carbons (Fsp3) is 0.300. The molecule has 0 spiro atoms. The summed E-state index contributed by atoms with van der Waals surface area (Å²) in [5, 5.41) is 11.6. The summed E-state index contributed by atoms with van der Waals surface area (Å²) in [6.45, 7) is 1.87. The molecule has 0 saturated heterocycles. The van der Waals surface area contributed by atoms with Gasteiger partial charge in [0.2, 0.25) is 5.91 Å². The van der Waals surface area contributed by atoms with Crippen LogP contribution in [0.25, 0.3) is 0 Å². The number of anilines is 1. The fourth-order valence-corrected chi connectivity index (χ4v) is 1.18. The molecular formula is C10H12ClNO2. The summed E-state index contributed by atoms with van der Waals surface area (Å²) in [6.07, 6.45) is 0. The van der Waals surface area contributed by atoms with E-state index >= 15 is 0 Å². The second-order valence-corrected chi connectivity index (χ2v) is 3.25. The predicted molar refractivity (Wildman–Crippen MR) is 56.5 cm³/mol. The maximum absolute atomic E-state index is 11.0. The van der Waals surface area contributed by atoms with Crippen molar-refractivity contribution in [1.82, 2.24) is 0 Å². The van der Waals surface area contributed by atoms with Gasteiger partial charge in [-0.3, -0.25) is 4.79 Å². The van der Waals surface area contributed by atoms with Crippen LogP contribution in [0.3, 0.4) is 0 Å². The molecule has 4 heteroatoms. The van der Waals surface area contributed by atoms with Crippen molar-refractivity contribution in [3.63, 3.8) is 0 Å². The van der Waals surface area contributed by atoms with E-state index in [1.807, 2.05) is 13.0 Å². The first-order chi connectivity index (χ1) is 6.67. The van der Waals surface area contributed by atoms with Crippen LogP contribution in [0.2, 0.25) is 0 Å². The van der Waals surface area contributed by atoms with E-state index in [2.05, 4.69) is 5.32 Å². The molecule has 1 amide bonds. The molecule has 0 bridgehead atoms. The van der Waals surface area contributed by atoms with Crippen molar-refractivity contribution < 1.29 is 9.90 Å². The zero-order valence-corrected chi connectivity index (χ0v) is 8.64. The molecule has 14 heavy (non-hydrogen) atoms. The van der Waals surface area contributed by atoms with Crippen LogP contribution in [0.15, 0.2) is 18.2 Å². The Labute approximate surface area is 87.7 Å². The zero-order chi connectivity index (χ0) is 10.6. The number of hydrogen-bond donors (Lipinski definition) is 2. The molecule has 0 radical (unpaired) electrons. The Morgan fingerprint density at radius 2 is 2.29 bits per heavy atom. The van der Waals surface area contributed by atoms with Gasteiger partial charge in [-0.05, 0) is 30.2 Å². The summed E-state index contributed by atoms with van der Waals surface area (Å²) in [4.78, 5) is 11.0. The van der Waals surface area contributed by atoms with Gasteiger partial charge >= 0.3 is 0 Å². The van der Waals surface area contributed by atoms with E-state index in [-0.39, 0.29) is 18.4 Å². The normalized spacial score (nSPS) is 9.93. The first kappa shape index (κ1) is 11.0. The standard InChI is InChI=1S/C10H12ClNO2/c1-7-2-3-9(4-8(7)6-13)12-10(14)5-11/h2-4,13H,5-6H2,1H3,(H,12,14). The van der Waals surface area contributed by atoms with Crippen LogP contribution >= 0.6 is 11.6 Å². The third-order valence-electron chi connectivity index (χ3n) is 1.92. The molecule has 3 nitrogen and oxygen atoms in total. The van der Waals surface area contributed by atoms with Crippen LogP contribution < -0.4 is 5.32 Å². The van der Waals surface area contributed by atoms with E-state index in [0.717, 1.165) is 11.1 Å². The quantitative estimate of drug-likeness (QED) is 0.751. The van der Waals surface area contributed by atoms with Crippen LogP contribution in [-0.2, 0) is 11.4 Å². The molecule has 76 valence electrons. The van der Waals surface area contributed by atoms with Crippen molar-refractivity contribution in [1.29, 1.82) is 0 Å². The molecule has 0 fully saturated rings. The molecule has 2 N–H and O–H groups in total. The fourth-order valence-electron chi connectivity index (χ4n) is 1.11. The van der Waals surface area contributed by atoms with Gasteiger partial charge in [0.05, 0.1) is 6.61 Å². The van der Waals surface area contributed by atoms with E-state index < -0.39 is 0 Å². The van der Waals surface area contributed by atoms with Gasteiger partial charge in [0.1, 0.15) is 5.88 Å². The molecule has 0 aliphatic rings. The smallest absolute Gasteiger partial charge is 0.239 e. The van der Waals surface area contributed by atoms with Gasteiger partial charge in [-0.25, -0.2) is 0 Å². The molecule has 0 atom stereocenters. The average Bonchev–Trinajstić information content (AvgIpc) is 2.20. The summed E-state index contributed by atoms with van der Waals surface area (Å²) in [5.74, 6) is -0.318. The topological polar surface area (TPSA) is 49.3 Å². The second-order valence-electron chi connectivity index (χ2n) is 2.98. The number of carbonyl (C=O) groups excluding carboxylic acids is 1. The Morgan fingerprint density at radius 1 is 1.57 bits per heavy atom. The third-order valence-corrected chi connectivity index (χ3v) is 2.17. The molecule has 1 aromatic carbocycles. The number of rotatable bonds is 3. The summed E-state index contributed by atoms with van der Waals surface area (Å²) >= 11 is 5.35. The number of amides is 1. The van der Waals surface area contributed by atoms with Crippen molar-refractivity contribution in [2.45, 2.75) is 13.5 Å². The van der Waals surface area contributed by atoms with Crippen LogP contribution in [0.1, 0.15) is 11.1 Å². The molecule has 0 aliphatic heterocycles. The maximum atomic E-state index is 11.0. The SMILES string of the molecule is Cc1ccc(NC(=O)CCl)cc1CO.